The Morgan fingerprint density at radius 3 is 2.56 bits per heavy atom. The van der Waals surface area contributed by atoms with Crippen molar-refractivity contribution in [3.8, 4) is 6.07 Å². The lowest BCUT2D eigenvalue weighted by Crippen LogP contribution is -2.10. The third-order valence-electron chi connectivity index (χ3n) is 5.24. The van der Waals surface area contributed by atoms with Crippen molar-refractivity contribution in [1.82, 2.24) is 0 Å². The number of hydrogen-bond acceptors (Lipinski definition) is 4. The molecule has 0 saturated carbocycles. The Morgan fingerprint density at radius 1 is 1.22 bits per heavy atom. The van der Waals surface area contributed by atoms with Gasteiger partial charge in [0, 0.05) is 6.21 Å². The molecule has 0 fully saturated rings. The van der Waals surface area contributed by atoms with Crippen LogP contribution in [0, 0.1) is 17.2 Å². The van der Waals surface area contributed by atoms with Crippen molar-refractivity contribution in [2.75, 3.05) is 0 Å². The maximum absolute atomic E-state index is 8.91. The second-order valence-electron chi connectivity index (χ2n) is 6.80. The summed E-state index contributed by atoms with van der Waals surface area (Å²) in [5.41, 5.74) is 8.53. The number of rotatable bonds is 8. The molecule has 0 bridgehead atoms. The Morgan fingerprint density at radius 2 is 1.93 bits per heavy atom. The van der Waals surface area contributed by atoms with Gasteiger partial charge >= 0.3 is 0 Å². The number of aliphatic imine (C=N–C) groups is 2. The maximum Gasteiger partial charge on any atom is 0.182 e. The molecule has 0 aliphatic rings. The van der Waals surface area contributed by atoms with Gasteiger partial charge < -0.3 is 5.73 Å². The van der Waals surface area contributed by atoms with E-state index in [-0.39, 0.29) is 11.5 Å². The zero-order valence-electron chi connectivity index (χ0n) is 16.4. The highest BCUT2D eigenvalue weighted by molar-refractivity contribution is 5.84. The molecule has 1 unspecified atom stereocenters. The molecule has 0 radical (unpaired) electrons. The number of benzene rings is 2. The van der Waals surface area contributed by atoms with E-state index in [0.717, 1.165) is 19.3 Å². The molecule has 0 heterocycles. The molecule has 4 heteroatoms. The predicted molar refractivity (Wildman–Crippen MR) is 115 cm³/mol. The largest absolute Gasteiger partial charge is 0.381 e. The minimum absolute atomic E-state index is 0.0633. The molecule has 140 valence electrons. The second-order valence-corrected chi connectivity index (χ2v) is 6.80. The number of nitrogens with two attached hydrogens (primary N) is 1. The van der Waals surface area contributed by atoms with Crippen LogP contribution in [-0.4, -0.2) is 12.9 Å². The van der Waals surface area contributed by atoms with Gasteiger partial charge in [0.25, 0.3) is 0 Å². The van der Waals surface area contributed by atoms with Gasteiger partial charge in [-0.3, -0.25) is 0 Å². The number of allylic oxidation sites excluding steroid dienone is 1. The second kappa shape index (κ2) is 9.68. The van der Waals surface area contributed by atoms with Crippen molar-refractivity contribution in [2.45, 2.75) is 46.0 Å². The lowest BCUT2D eigenvalue weighted by Gasteiger charge is -2.22. The standard InChI is InChI=1S/C23H28N4/c1-5-17-7-8-21-14-19(9-10-20(21)13-17)16(3)18(6-2)11-12-27-23(25)22(15-24)26-4/h7-10,12-14,16,18H,4-6,11,25H2,1-3H3/b23-22-,27-12?/t16-,18?/m1/s1. The van der Waals surface area contributed by atoms with Crippen LogP contribution in [0.15, 0.2) is 57.9 Å². The maximum atomic E-state index is 8.91. The smallest absolute Gasteiger partial charge is 0.182 e. The Balaban J connectivity index is 2.17. The fraction of sp³-hybridized carbons (Fsp3) is 0.348. The van der Waals surface area contributed by atoms with E-state index in [1.165, 1.54) is 21.9 Å². The highest BCUT2D eigenvalue weighted by Gasteiger charge is 2.17. The predicted octanol–water partition coefficient (Wildman–Crippen LogP) is 5.34. The Labute approximate surface area is 162 Å². The van der Waals surface area contributed by atoms with Gasteiger partial charge in [0.05, 0.1) is 0 Å². The number of nitrogens with zero attached hydrogens (tertiary/aromatic N) is 3. The minimum Gasteiger partial charge on any atom is -0.381 e. The van der Waals surface area contributed by atoms with Crippen molar-refractivity contribution in [1.29, 1.82) is 5.26 Å². The average molecular weight is 361 g/mol. The molecule has 0 aliphatic heterocycles. The highest BCUT2D eigenvalue weighted by atomic mass is 14.9. The number of nitriles is 1. The zero-order valence-corrected chi connectivity index (χ0v) is 16.4. The van der Waals surface area contributed by atoms with Crippen LogP contribution < -0.4 is 5.73 Å². The van der Waals surface area contributed by atoms with Crippen LogP contribution >= 0.6 is 0 Å². The molecule has 2 atom stereocenters. The minimum atomic E-state index is 0.0633. The van der Waals surface area contributed by atoms with Gasteiger partial charge in [-0.05, 0) is 53.3 Å². The summed E-state index contributed by atoms with van der Waals surface area (Å²) < 4.78 is 0. The first-order valence-electron chi connectivity index (χ1n) is 9.45. The molecule has 0 amide bonds. The van der Waals surface area contributed by atoms with E-state index in [1.807, 2.05) is 6.07 Å². The highest BCUT2D eigenvalue weighted by Crippen LogP contribution is 2.31. The summed E-state index contributed by atoms with van der Waals surface area (Å²) >= 11 is 0. The lowest BCUT2D eigenvalue weighted by atomic mass is 9.83. The zero-order chi connectivity index (χ0) is 19.8. The van der Waals surface area contributed by atoms with E-state index in [4.69, 9.17) is 11.0 Å². The van der Waals surface area contributed by atoms with Crippen LogP contribution in [0.5, 0.6) is 0 Å². The number of fused-ring (bicyclic) bond motifs is 1. The third kappa shape index (κ3) is 5.04. The molecule has 2 N–H and O–H groups in total. The quantitative estimate of drug-likeness (QED) is 0.509. The van der Waals surface area contributed by atoms with E-state index in [0.29, 0.717) is 11.8 Å². The molecule has 0 spiro atoms. The normalized spacial score (nSPS) is 14.6. The molecule has 2 aromatic rings. The summed E-state index contributed by atoms with van der Waals surface area (Å²) in [4.78, 5) is 7.75. The molecule has 2 aromatic carbocycles. The van der Waals surface area contributed by atoms with Crippen LogP contribution in [0.25, 0.3) is 10.8 Å². The van der Waals surface area contributed by atoms with Crippen LogP contribution in [0.4, 0.5) is 0 Å². The van der Waals surface area contributed by atoms with Crippen LogP contribution in [0.1, 0.15) is 50.7 Å². The van der Waals surface area contributed by atoms with Crippen molar-refractivity contribution in [3.63, 3.8) is 0 Å². The van der Waals surface area contributed by atoms with Gasteiger partial charge in [0.1, 0.15) is 6.07 Å². The third-order valence-corrected chi connectivity index (χ3v) is 5.24. The van der Waals surface area contributed by atoms with E-state index in [2.05, 4.69) is 73.9 Å². The van der Waals surface area contributed by atoms with Crippen molar-refractivity contribution < 1.29 is 0 Å². The molecule has 2 rings (SSSR count). The monoisotopic (exact) mass is 360 g/mol. The van der Waals surface area contributed by atoms with Gasteiger partial charge in [-0.1, -0.05) is 63.6 Å². The van der Waals surface area contributed by atoms with Crippen LogP contribution in [-0.2, 0) is 6.42 Å². The first kappa shape index (κ1) is 20.4. The molecule has 4 nitrogen and oxygen atoms in total. The molecular weight excluding hydrogens is 332 g/mol. The number of hydrogen-bond donors (Lipinski definition) is 1. The van der Waals surface area contributed by atoms with E-state index >= 15 is 0 Å². The van der Waals surface area contributed by atoms with Crippen molar-refractivity contribution in [2.24, 2.45) is 21.6 Å². The van der Waals surface area contributed by atoms with Gasteiger partial charge in [-0.25, -0.2) is 9.98 Å². The molecule has 0 aliphatic carbocycles. The van der Waals surface area contributed by atoms with Gasteiger partial charge in [0.15, 0.2) is 11.5 Å². The molecule has 0 saturated heterocycles. The van der Waals surface area contributed by atoms with Gasteiger partial charge in [0.2, 0.25) is 0 Å². The molecule has 0 aromatic heterocycles. The van der Waals surface area contributed by atoms with Crippen LogP contribution in [0.3, 0.4) is 0 Å². The first-order chi connectivity index (χ1) is 13.0. The fourth-order valence-electron chi connectivity index (χ4n) is 3.33. The summed E-state index contributed by atoms with van der Waals surface area (Å²) in [7, 11) is 0. The Kier molecular flexibility index (Phi) is 7.31. The van der Waals surface area contributed by atoms with E-state index in [1.54, 1.807) is 6.21 Å². The molecular formula is C23H28N4. The molecule has 27 heavy (non-hydrogen) atoms. The first-order valence-corrected chi connectivity index (χ1v) is 9.45. The summed E-state index contributed by atoms with van der Waals surface area (Å²) in [5.74, 6) is 0.957. The lowest BCUT2D eigenvalue weighted by molar-refractivity contribution is 0.450. The van der Waals surface area contributed by atoms with Gasteiger partial charge in [-0.15, -0.1) is 0 Å². The topological polar surface area (TPSA) is 74.5 Å². The SMILES string of the molecule is C=N/C(C#N)=C(/N)N=CCC(CC)[C@@H](C)c1ccc2cc(CC)ccc2c1. The van der Waals surface area contributed by atoms with Gasteiger partial charge in [-0.2, -0.15) is 5.26 Å². The summed E-state index contributed by atoms with van der Waals surface area (Å²) in [6, 6.07) is 15.3. The average Bonchev–Trinajstić information content (AvgIpc) is 2.70. The Bertz CT molecular complexity index is 902. The van der Waals surface area contributed by atoms with Crippen LogP contribution in [0.2, 0.25) is 0 Å². The summed E-state index contributed by atoms with van der Waals surface area (Å²) in [6.45, 7) is 9.96. The number of aryl methyl sites for hydroxylation is 1. The summed E-state index contributed by atoms with van der Waals surface area (Å²) in [5, 5.41) is 11.5. The Hall–Kier alpha value is -2.93. The fourth-order valence-corrected chi connectivity index (χ4v) is 3.33. The van der Waals surface area contributed by atoms with E-state index in [9.17, 15) is 0 Å². The summed E-state index contributed by atoms with van der Waals surface area (Å²) in [6.07, 6.45) is 4.67. The van der Waals surface area contributed by atoms with E-state index < -0.39 is 0 Å². The van der Waals surface area contributed by atoms with Crippen molar-refractivity contribution in [3.05, 3.63) is 59.0 Å². The van der Waals surface area contributed by atoms with Crippen molar-refractivity contribution >= 4 is 23.7 Å².